The molecule has 0 atom stereocenters. The van der Waals surface area contributed by atoms with Gasteiger partial charge in [0, 0.05) is 4.90 Å². The zero-order valence-electron chi connectivity index (χ0n) is 10.2. The van der Waals surface area contributed by atoms with Crippen molar-refractivity contribution in [2.24, 2.45) is 0 Å². The van der Waals surface area contributed by atoms with Crippen molar-refractivity contribution in [2.75, 3.05) is 0 Å². The van der Waals surface area contributed by atoms with Crippen molar-refractivity contribution in [2.45, 2.75) is 10.2 Å². The number of halogens is 4. The van der Waals surface area contributed by atoms with Crippen LogP contribution in [0, 0.1) is 0 Å². The van der Waals surface area contributed by atoms with Gasteiger partial charge in [-0.25, -0.2) is 0 Å². The van der Waals surface area contributed by atoms with E-state index >= 15 is 0 Å². The van der Waals surface area contributed by atoms with Crippen molar-refractivity contribution in [3.05, 3.63) is 70.7 Å². The largest absolute Gasteiger partial charge is 0.326 e. The summed E-state index contributed by atoms with van der Waals surface area (Å²) in [4.78, 5) is 0.445. The third-order valence-corrected chi connectivity index (χ3v) is 3.88. The molecule has 0 amide bonds. The minimum atomic E-state index is -3.22. The van der Waals surface area contributed by atoms with Crippen molar-refractivity contribution in [3.8, 4) is 0 Å². The molecule has 2 rings (SSSR count). The van der Waals surface area contributed by atoms with E-state index in [1.54, 1.807) is 60.7 Å². The molecule has 0 saturated carbocycles. The number of hydrogen-bond donors (Lipinski definition) is 0. The third kappa shape index (κ3) is 3.75. The quantitative estimate of drug-likeness (QED) is 0.600. The lowest BCUT2D eigenvalue weighted by Crippen LogP contribution is -2.14. The Bertz CT molecular complexity index is 594. The molecule has 0 radical (unpaired) electrons. The van der Waals surface area contributed by atoms with Crippen LogP contribution >= 0.6 is 35.0 Å². The molecule has 0 aliphatic heterocycles. The van der Waals surface area contributed by atoms with E-state index in [9.17, 15) is 8.78 Å². The lowest BCUT2D eigenvalue weighted by Gasteiger charge is -2.20. The molecule has 20 heavy (non-hydrogen) atoms. The van der Waals surface area contributed by atoms with Crippen molar-refractivity contribution in [1.82, 2.24) is 0 Å². The SMILES string of the molecule is FC(F)(Sc1ccccc1)C(=C(Cl)Cl)c1ccccc1. The Kier molecular flexibility index (Phi) is 5.08. The van der Waals surface area contributed by atoms with Crippen LogP contribution in [0.15, 0.2) is 70.1 Å². The summed E-state index contributed by atoms with van der Waals surface area (Å²) in [6.07, 6.45) is 0. The number of thioether (sulfide) groups is 1. The van der Waals surface area contributed by atoms with Gasteiger partial charge in [-0.05, 0) is 29.5 Å². The van der Waals surface area contributed by atoms with E-state index in [0.29, 0.717) is 22.2 Å². The highest BCUT2D eigenvalue weighted by atomic mass is 35.5. The van der Waals surface area contributed by atoms with Gasteiger partial charge in [-0.3, -0.25) is 0 Å². The van der Waals surface area contributed by atoms with Crippen LogP contribution in [0.1, 0.15) is 5.56 Å². The molecule has 0 N–H and O–H groups in total. The van der Waals surface area contributed by atoms with E-state index in [2.05, 4.69) is 0 Å². The normalized spacial score (nSPS) is 11.2. The maximum atomic E-state index is 14.4. The summed E-state index contributed by atoms with van der Waals surface area (Å²) in [5.41, 5.74) is -0.0729. The minimum Gasteiger partial charge on any atom is -0.188 e. The van der Waals surface area contributed by atoms with Gasteiger partial charge in [-0.15, -0.1) is 0 Å². The average Bonchev–Trinajstić information content (AvgIpc) is 2.39. The fourth-order valence-corrected chi connectivity index (χ4v) is 3.16. The molecule has 104 valence electrons. The molecule has 2 aromatic rings. The summed E-state index contributed by atoms with van der Waals surface area (Å²) in [7, 11) is 0. The molecule has 0 aliphatic rings. The lowest BCUT2D eigenvalue weighted by molar-refractivity contribution is 0.174. The first-order valence-corrected chi connectivity index (χ1v) is 7.31. The molecule has 0 nitrogen and oxygen atoms in total. The summed E-state index contributed by atoms with van der Waals surface area (Å²) in [5, 5.41) is -3.22. The Morgan fingerprint density at radius 2 is 1.35 bits per heavy atom. The number of alkyl halides is 2. The van der Waals surface area contributed by atoms with E-state index in [1.807, 2.05) is 0 Å². The van der Waals surface area contributed by atoms with Crippen LogP contribution in [0.4, 0.5) is 8.78 Å². The van der Waals surface area contributed by atoms with Crippen LogP contribution in [0.2, 0.25) is 0 Å². The van der Waals surface area contributed by atoms with E-state index < -0.39 is 9.75 Å². The minimum absolute atomic E-state index is 0.306. The summed E-state index contributed by atoms with van der Waals surface area (Å²) < 4.78 is 28.5. The van der Waals surface area contributed by atoms with Gasteiger partial charge < -0.3 is 0 Å². The third-order valence-electron chi connectivity index (χ3n) is 2.53. The van der Waals surface area contributed by atoms with Crippen LogP contribution in [0.25, 0.3) is 5.57 Å². The first kappa shape index (κ1) is 15.4. The van der Waals surface area contributed by atoms with Crippen molar-refractivity contribution in [1.29, 1.82) is 0 Å². The summed E-state index contributed by atoms with van der Waals surface area (Å²) >= 11 is 11.8. The second-order valence-electron chi connectivity index (χ2n) is 3.93. The van der Waals surface area contributed by atoms with E-state index in [0.717, 1.165) is 0 Å². The number of rotatable bonds is 4. The molecule has 0 aliphatic carbocycles. The van der Waals surface area contributed by atoms with Crippen LogP contribution in [-0.2, 0) is 0 Å². The van der Waals surface area contributed by atoms with Crippen molar-refractivity contribution in [3.63, 3.8) is 0 Å². The monoisotopic (exact) mass is 330 g/mol. The summed E-state index contributed by atoms with van der Waals surface area (Å²) in [6, 6.07) is 16.6. The van der Waals surface area contributed by atoms with E-state index in [4.69, 9.17) is 23.2 Å². The van der Waals surface area contributed by atoms with Crippen molar-refractivity contribution < 1.29 is 8.78 Å². The topological polar surface area (TPSA) is 0 Å². The Hall–Kier alpha value is -1.03. The summed E-state index contributed by atoms with van der Waals surface area (Å²) in [5.74, 6) is 0. The first-order chi connectivity index (χ1) is 9.50. The smallest absolute Gasteiger partial charge is 0.188 e. The molecule has 0 spiro atoms. The predicted octanol–water partition coefficient (Wildman–Crippen LogP) is 6.22. The maximum Gasteiger partial charge on any atom is 0.326 e. The molecule has 0 aromatic heterocycles. The van der Waals surface area contributed by atoms with Gasteiger partial charge >= 0.3 is 5.25 Å². The van der Waals surface area contributed by atoms with Crippen LogP contribution in [0.5, 0.6) is 0 Å². The van der Waals surface area contributed by atoms with Gasteiger partial charge in [0.25, 0.3) is 0 Å². The summed E-state index contributed by atoms with van der Waals surface area (Å²) in [6.45, 7) is 0. The maximum absolute atomic E-state index is 14.4. The van der Waals surface area contributed by atoms with E-state index in [-0.39, 0.29) is 5.57 Å². The van der Waals surface area contributed by atoms with Gasteiger partial charge in [-0.2, -0.15) is 8.78 Å². The van der Waals surface area contributed by atoms with Gasteiger partial charge in [0.05, 0.1) is 5.57 Å². The Balaban J connectivity index is 2.37. The number of hydrogen-bond acceptors (Lipinski definition) is 1. The van der Waals surface area contributed by atoms with Crippen LogP contribution in [0.3, 0.4) is 0 Å². The molecular formula is C15H10Cl2F2S. The second kappa shape index (κ2) is 6.61. The molecule has 0 fully saturated rings. The first-order valence-electron chi connectivity index (χ1n) is 5.74. The molecule has 2 aromatic carbocycles. The van der Waals surface area contributed by atoms with Gasteiger partial charge in [0.1, 0.15) is 4.49 Å². The molecule has 0 unspecified atom stereocenters. The fourth-order valence-electron chi connectivity index (χ4n) is 1.68. The standard InChI is InChI=1S/C15H10Cl2F2S/c16-14(17)13(11-7-3-1-4-8-11)15(18,19)20-12-9-5-2-6-10-12/h1-10H. The lowest BCUT2D eigenvalue weighted by atomic mass is 10.1. The molecule has 0 bridgehead atoms. The zero-order chi connectivity index (χ0) is 14.6. The molecule has 0 saturated heterocycles. The van der Waals surface area contributed by atoms with Gasteiger partial charge in [-0.1, -0.05) is 71.7 Å². The fraction of sp³-hybridized carbons (Fsp3) is 0.0667. The average molecular weight is 331 g/mol. The molecule has 5 heteroatoms. The van der Waals surface area contributed by atoms with Crippen molar-refractivity contribution >= 4 is 40.5 Å². The molecular weight excluding hydrogens is 321 g/mol. The highest BCUT2D eigenvalue weighted by molar-refractivity contribution is 8.00. The Morgan fingerprint density at radius 1 is 0.850 bits per heavy atom. The predicted molar refractivity (Wildman–Crippen MR) is 82.3 cm³/mol. The van der Waals surface area contributed by atoms with Gasteiger partial charge in [0.2, 0.25) is 0 Å². The highest BCUT2D eigenvalue weighted by Gasteiger charge is 2.38. The Morgan fingerprint density at radius 3 is 1.85 bits per heavy atom. The highest BCUT2D eigenvalue weighted by Crippen LogP contribution is 2.48. The van der Waals surface area contributed by atoms with Crippen LogP contribution < -0.4 is 0 Å². The zero-order valence-corrected chi connectivity index (χ0v) is 12.5. The molecule has 0 heterocycles. The number of benzene rings is 2. The van der Waals surface area contributed by atoms with E-state index in [1.165, 1.54) is 0 Å². The second-order valence-corrected chi connectivity index (χ2v) is 6.07. The van der Waals surface area contributed by atoms with Gasteiger partial charge in [0.15, 0.2) is 0 Å². The Labute approximate surface area is 130 Å². The van der Waals surface area contributed by atoms with Crippen LogP contribution in [-0.4, -0.2) is 5.25 Å².